The monoisotopic (exact) mass is 601 g/mol. The zero-order valence-electron chi connectivity index (χ0n) is 22.3. The van der Waals surface area contributed by atoms with E-state index >= 15 is 0 Å². The van der Waals surface area contributed by atoms with Gasteiger partial charge in [-0.25, -0.2) is 9.79 Å². The van der Waals surface area contributed by atoms with Crippen molar-refractivity contribution in [2.24, 2.45) is 4.99 Å². The fourth-order valence-corrected chi connectivity index (χ4v) is 6.49. The first-order chi connectivity index (χ1) is 19.8. The number of fused-ring (bicyclic) bond motifs is 2. The summed E-state index contributed by atoms with van der Waals surface area (Å²) in [4.78, 5) is 32.3. The summed E-state index contributed by atoms with van der Waals surface area (Å²) in [6.07, 6.45) is 3.97. The molecular formula is C32H25Cl2N3O3S. The van der Waals surface area contributed by atoms with Crippen molar-refractivity contribution in [3.05, 3.63) is 137 Å². The van der Waals surface area contributed by atoms with Crippen molar-refractivity contribution in [2.75, 3.05) is 6.61 Å². The molecule has 0 spiro atoms. The van der Waals surface area contributed by atoms with E-state index in [9.17, 15) is 9.59 Å². The Bertz CT molecular complexity index is 2000. The van der Waals surface area contributed by atoms with Crippen molar-refractivity contribution in [2.45, 2.75) is 26.4 Å². The van der Waals surface area contributed by atoms with Crippen molar-refractivity contribution in [3.63, 3.8) is 0 Å². The number of allylic oxidation sites excluding steroid dienone is 1. The number of halogens is 2. The Morgan fingerprint density at radius 2 is 1.71 bits per heavy atom. The molecule has 3 heterocycles. The summed E-state index contributed by atoms with van der Waals surface area (Å²) in [6.45, 7) is 4.40. The van der Waals surface area contributed by atoms with Gasteiger partial charge in [-0.15, -0.1) is 0 Å². The molecule has 5 aromatic rings. The van der Waals surface area contributed by atoms with Crippen LogP contribution in [0.4, 0.5) is 0 Å². The van der Waals surface area contributed by atoms with Gasteiger partial charge in [0.25, 0.3) is 5.56 Å². The lowest BCUT2D eigenvalue weighted by atomic mass is 9.96. The first kappa shape index (κ1) is 27.3. The van der Waals surface area contributed by atoms with Gasteiger partial charge in [-0.1, -0.05) is 77.0 Å². The molecule has 0 saturated carbocycles. The zero-order valence-corrected chi connectivity index (χ0v) is 24.6. The van der Waals surface area contributed by atoms with Gasteiger partial charge in [0.15, 0.2) is 4.80 Å². The number of nitrogens with zero attached hydrogens (tertiary/aromatic N) is 3. The summed E-state index contributed by atoms with van der Waals surface area (Å²) in [5.41, 5.74) is 4.48. The molecule has 6 nitrogen and oxygen atoms in total. The first-order valence-corrected chi connectivity index (χ1v) is 14.7. The lowest BCUT2D eigenvalue weighted by molar-refractivity contribution is -0.139. The molecule has 0 aliphatic carbocycles. The third-order valence-electron chi connectivity index (χ3n) is 7.07. The molecule has 9 heteroatoms. The fraction of sp³-hybridized carbons (Fsp3) is 0.156. The van der Waals surface area contributed by atoms with Crippen LogP contribution in [0.1, 0.15) is 36.6 Å². The van der Waals surface area contributed by atoms with E-state index in [0.717, 1.165) is 27.6 Å². The van der Waals surface area contributed by atoms with Crippen molar-refractivity contribution < 1.29 is 9.53 Å². The van der Waals surface area contributed by atoms with Gasteiger partial charge in [0.2, 0.25) is 0 Å². The van der Waals surface area contributed by atoms with Gasteiger partial charge in [-0.3, -0.25) is 9.36 Å². The number of ether oxygens (including phenoxy) is 1. The summed E-state index contributed by atoms with van der Waals surface area (Å²) < 4.78 is 9.66. The summed E-state index contributed by atoms with van der Waals surface area (Å²) in [5.74, 6) is -0.492. The maximum atomic E-state index is 14.0. The van der Waals surface area contributed by atoms with Crippen LogP contribution in [-0.4, -0.2) is 21.7 Å². The number of rotatable bonds is 6. The number of hydrogen-bond donors (Lipinski definition) is 0. The van der Waals surface area contributed by atoms with E-state index in [2.05, 4.69) is 27.9 Å². The van der Waals surface area contributed by atoms with Crippen molar-refractivity contribution in [1.29, 1.82) is 0 Å². The highest BCUT2D eigenvalue weighted by Gasteiger charge is 2.33. The van der Waals surface area contributed by atoms with E-state index in [1.165, 1.54) is 11.3 Å². The van der Waals surface area contributed by atoms with Crippen LogP contribution in [0.2, 0.25) is 10.0 Å². The number of carbonyl (C=O) groups is 1. The lowest BCUT2D eigenvalue weighted by Gasteiger charge is -2.24. The number of aromatic nitrogens is 2. The topological polar surface area (TPSA) is 65.6 Å². The molecule has 41 heavy (non-hydrogen) atoms. The minimum Gasteiger partial charge on any atom is -0.463 e. The average molecular weight is 603 g/mol. The summed E-state index contributed by atoms with van der Waals surface area (Å²) in [6, 6.07) is 22.4. The van der Waals surface area contributed by atoms with Gasteiger partial charge < -0.3 is 9.30 Å². The smallest absolute Gasteiger partial charge is 0.338 e. The van der Waals surface area contributed by atoms with Gasteiger partial charge in [0.05, 0.1) is 28.5 Å². The second kappa shape index (κ2) is 11.2. The lowest BCUT2D eigenvalue weighted by Crippen LogP contribution is -2.39. The molecule has 1 atom stereocenters. The standard InChI is InChI=1S/C32H25Cl2N3O3S/c1-3-40-31(39)28-19(2)35-32-37(29(28)21-10-14-24(34)15-11-21)30(38)27(41-32)16-22-18-36(26-7-5-4-6-25(22)26)17-20-8-12-23(33)13-9-20/h4-16,18,29H,3,17H2,1-2H3/b27-16-/t29-/m1/s1. The zero-order chi connectivity index (χ0) is 28.7. The number of benzene rings is 3. The Morgan fingerprint density at radius 1 is 1.02 bits per heavy atom. The van der Waals surface area contributed by atoms with Crippen molar-refractivity contribution in [3.8, 4) is 0 Å². The van der Waals surface area contributed by atoms with E-state index in [-0.39, 0.29) is 12.2 Å². The molecule has 0 radical (unpaired) electrons. The van der Waals surface area contributed by atoms with Crippen LogP contribution in [0.5, 0.6) is 0 Å². The molecule has 0 unspecified atom stereocenters. The largest absolute Gasteiger partial charge is 0.463 e. The average Bonchev–Trinajstić information content (AvgIpc) is 3.46. The highest BCUT2D eigenvalue weighted by molar-refractivity contribution is 7.07. The van der Waals surface area contributed by atoms with Crippen LogP contribution in [0.25, 0.3) is 17.0 Å². The van der Waals surface area contributed by atoms with Gasteiger partial charge in [0.1, 0.15) is 0 Å². The van der Waals surface area contributed by atoms with E-state index in [1.807, 2.05) is 54.6 Å². The summed E-state index contributed by atoms with van der Waals surface area (Å²) in [5, 5.41) is 2.29. The van der Waals surface area contributed by atoms with Crippen molar-refractivity contribution >= 4 is 57.5 Å². The Kier molecular flexibility index (Phi) is 7.43. The quantitative estimate of drug-likeness (QED) is 0.221. The molecule has 0 N–H and O–H groups in total. The normalized spacial score (nSPS) is 15.2. The van der Waals surface area contributed by atoms with E-state index < -0.39 is 12.0 Å². The molecule has 0 amide bonds. The predicted molar refractivity (Wildman–Crippen MR) is 164 cm³/mol. The molecule has 0 bridgehead atoms. The van der Waals surface area contributed by atoms with Crippen LogP contribution in [0.3, 0.4) is 0 Å². The van der Waals surface area contributed by atoms with Gasteiger partial charge >= 0.3 is 5.97 Å². The fourth-order valence-electron chi connectivity index (χ4n) is 5.20. The van der Waals surface area contributed by atoms with Crippen LogP contribution in [0, 0.1) is 0 Å². The molecule has 206 valence electrons. The highest BCUT2D eigenvalue weighted by atomic mass is 35.5. The van der Waals surface area contributed by atoms with Crippen molar-refractivity contribution in [1.82, 2.24) is 9.13 Å². The number of thiazole rings is 1. The Hall–Kier alpha value is -3.91. The molecule has 0 fully saturated rings. The van der Waals surface area contributed by atoms with Gasteiger partial charge in [-0.2, -0.15) is 0 Å². The Labute approximate surface area is 250 Å². The molecule has 2 aromatic heterocycles. The van der Waals surface area contributed by atoms with Crippen LogP contribution in [0.15, 0.2) is 100 Å². The number of hydrogen-bond acceptors (Lipinski definition) is 5. The third-order valence-corrected chi connectivity index (χ3v) is 8.56. The minimum absolute atomic E-state index is 0.216. The highest BCUT2D eigenvalue weighted by Crippen LogP contribution is 2.31. The molecule has 1 aliphatic rings. The first-order valence-electron chi connectivity index (χ1n) is 13.1. The van der Waals surface area contributed by atoms with E-state index in [4.69, 9.17) is 27.9 Å². The molecule has 6 rings (SSSR count). The van der Waals surface area contributed by atoms with Crippen LogP contribution in [-0.2, 0) is 16.1 Å². The molecule has 3 aromatic carbocycles. The number of carbonyl (C=O) groups excluding carboxylic acids is 1. The Morgan fingerprint density at radius 3 is 2.41 bits per heavy atom. The molecular weight excluding hydrogens is 577 g/mol. The second-order valence-corrected chi connectivity index (χ2v) is 11.6. The van der Waals surface area contributed by atoms with E-state index in [1.54, 1.807) is 30.5 Å². The molecule has 1 aliphatic heterocycles. The number of esters is 1. The maximum Gasteiger partial charge on any atom is 0.338 e. The minimum atomic E-state index is -0.684. The Balaban J connectivity index is 1.51. The summed E-state index contributed by atoms with van der Waals surface area (Å²) >= 11 is 13.5. The maximum absolute atomic E-state index is 14.0. The van der Waals surface area contributed by atoms with Gasteiger partial charge in [-0.05, 0) is 61.4 Å². The number of para-hydroxylation sites is 1. The second-order valence-electron chi connectivity index (χ2n) is 9.71. The molecule has 0 saturated heterocycles. The van der Waals surface area contributed by atoms with E-state index in [0.29, 0.717) is 37.2 Å². The predicted octanol–water partition coefficient (Wildman–Crippen LogP) is 6.11. The van der Waals surface area contributed by atoms with Gasteiger partial charge in [0, 0.05) is 39.3 Å². The third kappa shape index (κ3) is 5.17. The summed E-state index contributed by atoms with van der Waals surface area (Å²) in [7, 11) is 0. The SMILES string of the molecule is CCOC(=O)C1=C(C)N=c2s/c(=C\c3cn(Cc4ccc(Cl)cc4)c4ccccc34)c(=O)n2[C@@H]1c1ccc(Cl)cc1. The van der Waals surface area contributed by atoms with Crippen LogP contribution < -0.4 is 14.9 Å². The van der Waals surface area contributed by atoms with Crippen LogP contribution >= 0.6 is 34.5 Å².